The molecular formula is C12H14BrN3O3S. The molecular weight excluding hydrogens is 346 g/mol. The molecule has 2 heterocycles. The first kappa shape index (κ1) is 14.0. The van der Waals surface area contributed by atoms with Gasteiger partial charge in [0.25, 0.3) is 0 Å². The Hall–Kier alpha value is -0.960. The van der Waals surface area contributed by atoms with Crippen molar-refractivity contribution < 1.29 is 13.2 Å². The molecule has 1 amide bonds. The molecule has 6 nitrogen and oxygen atoms in total. The third-order valence-electron chi connectivity index (χ3n) is 3.71. The number of halogens is 1. The van der Waals surface area contributed by atoms with E-state index in [9.17, 15) is 13.2 Å². The number of carbonyl (C=O) groups is 1. The highest BCUT2D eigenvalue weighted by Crippen LogP contribution is 2.34. The van der Waals surface area contributed by atoms with E-state index in [1.54, 1.807) is 19.2 Å². The van der Waals surface area contributed by atoms with Crippen molar-refractivity contribution in [3.63, 3.8) is 0 Å². The van der Waals surface area contributed by atoms with Crippen molar-refractivity contribution in [3.05, 3.63) is 22.2 Å². The highest BCUT2D eigenvalue weighted by Gasteiger charge is 2.34. The van der Waals surface area contributed by atoms with Crippen LogP contribution in [0.15, 0.2) is 21.5 Å². The molecule has 0 bridgehead atoms. The number of amides is 1. The molecule has 1 aromatic rings. The number of benzene rings is 1. The van der Waals surface area contributed by atoms with E-state index in [-0.39, 0.29) is 23.3 Å². The third-order valence-corrected chi connectivity index (χ3v) is 6.58. The largest absolute Gasteiger partial charge is 0.325 e. The summed E-state index contributed by atoms with van der Waals surface area (Å²) in [4.78, 5) is 11.6. The van der Waals surface area contributed by atoms with Gasteiger partial charge in [0.15, 0.2) is 0 Å². The van der Waals surface area contributed by atoms with E-state index >= 15 is 0 Å². The van der Waals surface area contributed by atoms with Crippen molar-refractivity contribution in [2.75, 3.05) is 25.5 Å². The van der Waals surface area contributed by atoms with Gasteiger partial charge in [-0.2, -0.15) is 4.31 Å². The fourth-order valence-corrected chi connectivity index (χ4v) is 4.71. The zero-order valence-corrected chi connectivity index (χ0v) is 13.2. The monoisotopic (exact) mass is 359 g/mol. The van der Waals surface area contributed by atoms with Gasteiger partial charge in [-0.1, -0.05) is 0 Å². The minimum absolute atomic E-state index is 0.0140. The predicted molar refractivity (Wildman–Crippen MR) is 78.1 cm³/mol. The summed E-state index contributed by atoms with van der Waals surface area (Å²) in [6.45, 7) is 1.33. The highest BCUT2D eigenvalue weighted by atomic mass is 79.9. The van der Waals surface area contributed by atoms with E-state index < -0.39 is 10.0 Å². The van der Waals surface area contributed by atoms with E-state index in [4.69, 9.17) is 0 Å². The van der Waals surface area contributed by atoms with Gasteiger partial charge in [0.1, 0.15) is 0 Å². The standard InChI is InChI=1S/C12H14BrN3O3S/c1-16(8-5-14-6-8)20(18,19)11-2-7-3-12(17)15-10(7)4-9(11)13/h2,4,8,14H,3,5-6H2,1H3,(H,15,17). The number of nitrogens with one attached hydrogen (secondary N) is 2. The molecule has 0 aliphatic carbocycles. The van der Waals surface area contributed by atoms with E-state index in [0.717, 1.165) is 5.56 Å². The second-order valence-electron chi connectivity index (χ2n) is 5.00. The summed E-state index contributed by atoms with van der Waals surface area (Å²) in [5.74, 6) is -0.113. The van der Waals surface area contributed by atoms with E-state index in [1.807, 2.05) is 0 Å². The lowest BCUT2D eigenvalue weighted by Crippen LogP contribution is -2.57. The summed E-state index contributed by atoms with van der Waals surface area (Å²) >= 11 is 3.29. The number of rotatable bonds is 3. The van der Waals surface area contributed by atoms with Crippen LogP contribution in [0, 0.1) is 0 Å². The number of hydrogen-bond acceptors (Lipinski definition) is 4. The zero-order chi connectivity index (χ0) is 14.5. The Labute approximate surface area is 125 Å². The maximum Gasteiger partial charge on any atom is 0.244 e. The molecule has 1 fully saturated rings. The molecule has 0 radical (unpaired) electrons. The summed E-state index contributed by atoms with van der Waals surface area (Å²) in [6, 6.07) is 3.22. The minimum Gasteiger partial charge on any atom is -0.325 e. The first-order chi connectivity index (χ1) is 9.39. The van der Waals surface area contributed by atoms with E-state index in [1.165, 1.54) is 4.31 Å². The Morgan fingerprint density at radius 1 is 1.35 bits per heavy atom. The summed E-state index contributed by atoms with van der Waals surface area (Å²) in [6.07, 6.45) is 0.222. The van der Waals surface area contributed by atoms with Gasteiger partial charge in [0, 0.05) is 36.3 Å². The Morgan fingerprint density at radius 3 is 2.65 bits per heavy atom. The number of sulfonamides is 1. The lowest BCUT2D eigenvalue weighted by molar-refractivity contribution is -0.115. The quantitative estimate of drug-likeness (QED) is 0.825. The van der Waals surface area contributed by atoms with Crippen molar-refractivity contribution in [1.82, 2.24) is 9.62 Å². The lowest BCUT2D eigenvalue weighted by Gasteiger charge is -2.34. The van der Waals surface area contributed by atoms with Crippen LogP contribution in [0.5, 0.6) is 0 Å². The molecule has 2 N–H and O–H groups in total. The second-order valence-corrected chi connectivity index (χ2v) is 7.82. The fourth-order valence-electron chi connectivity index (χ4n) is 2.31. The van der Waals surface area contributed by atoms with Crippen molar-refractivity contribution in [3.8, 4) is 0 Å². The van der Waals surface area contributed by atoms with Crippen LogP contribution in [0.4, 0.5) is 5.69 Å². The summed E-state index contributed by atoms with van der Waals surface area (Å²) in [7, 11) is -1.97. The molecule has 3 rings (SSSR count). The van der Waals surface area contributed by atoms with Crippen LogP contribution in [0.1, 0.15) is 5.56 Å². The molecule has 0 saturated carbocycles. The zero-order valence-electron chi connectivity index (χ0n) is 10.8. The lowest BCUT2D eigenvalue weighted by atomic mass is 10.2. The minimum atomic E-state index is -3.56. The first-order valence-corrected chi connectivity index (χ1v) is 8.44. The van der Waals surface area contributed by atoms with Crippen molar-refractivity contribution in [2.24, 2.45) is 0 Å². The second kappa shape index (κ2) is 4.80. The van der Waals surface area contributed by atoms with Gasteiger partial charge in [-0.05, 0) is 33.6 Å². The highest BCUT2D eigenvalue weighted by molar-refractivity contribution is 9.10. The molecule has 2 aliphatic heterocycles. The summed E-state index contributed by atoms with van der Waals surface area (Å²) in [5, 5.41) is 5.76. The average Bonchev–Trinajstić information content (AvgIpc) is 2.64. The average molecular weight is 360 g/mol. The van der Waals surface area contributed by atoms with E-state index in [0.29, 0.717) is 23.2 Å². The van der Waals surface area contributed by atoms with Gasteiger partial charge in [-0.15, -0.1) is 0 Å². The third kappa shape index (κ3) is 2.16. The van der Waals surface area contributed by atoms with Crippen LogP contribution >= 0.6 is 15.9 Å². The molecule has 0 unspecified atom stereocenters. The first-order valence-electron chi connectivity index (χ1n) is 6.20. The molecule has 108 valence electrons. The van der Waals surface area contributed by atoms with Crippen LogP contribution in [-0.2, 0) is 21.2 Å². The summed E-state index contributed by atoms with van der Waals surface area (Å²) in [5.41, 5.74) is 1.39. The van der Waals surface area contributed by atoms with Gasteiger partial charge < -0.3 is 10.6 Å². The van der Waals surface area contributed by atoms with Gasteiger partial charge >= 0.3 is 0 Å². The molecule has 20 heavy (non-hydrogen) atoms. The van der Waals surface area contributed by atoms with Crippen LogP contribution in [0.2, 0.25) is 0 Å². The van der Waals surface area contributed by atoms with Crippen molar-refractivity contribution in [2.45, 2.75) is 17.4 Å². The fraction of sp³-hybridized carbons (Fsp3) is 0.417. The topological polar surface area (TPSA) is 78.5 Å². The van der Waals surface area contributed by atoms with Gasteiger partial charge in [0.2, 0.25) is 15.9 Å². The maximum atomic E-state index is 12.6. The predicted octanol–water partition coefficient (Wildman–Crippen LogP) is 0.536. The molecule has 1 saturated heterocycles. The Kier molecular flexibility index (Phi) is 3.36. The molecule has 1 aromatic carbocycles. The number of likely N-dealkylation sites (N-methyl/N-ethyl adjacent to an activating group) is 1. The Morgan fingerprint density at radius 2 is 2.05 bits per heavy atom. The van der Waals surface area contributed by atoms with Crippen LogP contribution < -0.4 is 10.6 Å². The number of fused-ring (bicyclic) bond motifs is 1. The van der Waals surface area contributed by atoms with Gasteiger partial charge in [-0.25, -0.2) is 8.42 Å². The van der Waals surface area contributed by atoms with Crippen LogP contribution in [-0.4, -0.2) is 44.8 Å². The Balaban J connectivity index is 2.01. The normalized spacial score (nSPS) is 18.9. The number of carbonyl (C=O) groups excluding carboxylic acids is 1. The number of nitrogens with zero attached hydrogens (tertiary/aromatic N) is 1. The summed E-state index contributed by atoms with van der Waals surface area (Å²) < 4.78 is 27.1. The molecule has 0 spiro atoms. The number of anilines is 1. The SMILES string of the molecule is CN(C1CNC1)S(=O)(=O)c1cc2c(cc1Br)NC(=O)C2. The number of hydrogen-bond donors (Lipinski definition) is 2. The molecule has 8 heteroatoms. The maximum absolute atomic E-state index is 12.6. The van der Waals surface area contributed by atoms with Crippen LogP contribution in [0.3, 0.4) is 0 Å². The van der Waals surface area contributed by atoms with Gasteiger partial charge in [-0.3, -0.25) is 4.79 Å². The van der Waals surface area contributed by atoms with Crippen molar-refractivity contribution >= 4 is 37.5 Å². The van der Waals surface area contributed by atoms with Crippen molar-refractivity contribution in [1.29, 1.82) is 0 Å². The Bertz CT molecular complexity index is 685. The van der Waals surface area contributed by atoms with Gasteiger partial charge in [0.05, 0.1) is 11.3 Å². The van der Waals surface area contributed by atoms with Crippen LogP contribution in [0.25, 0.3) is 0 Å². The molecule has 0 atom stereocenters. The smallest absolute Gasteiger partial charge is 0.244 e. The van der Waals surface area contributed by atoms with E-state index in [2.05, 4.69) is 26.6 Å². The molecule has 0 aromatic heterocycles. The molecule has 2 aliphatic rings.